The second kappa shape index (κ2) is 7.09. The molecule has 0 amide bonds. The summed E-state index contributed by atoms with van der Waals surface area (Å²) in [5, 5.41) is 14.0. The zero-order chi connectivity index (χ0) is 20.8. The number of ether oxygens (including phenoxy) is 1. The quantitative estimate of drug-likeness (QED) is 0.801. The van der Waals surface area contributed by atoms with Crippen molar-refractivity contribution in [3.05, 3.63) is 69.3 Å². The third-order valence-electron chi connectivity index (χ3n) is 5.59. The summed E-state index contributed by atoms with van der Waals surface area (Å²) in [6.07, 6.45) is 1.17. The minimum absolute atomic E-state index is 0.0891. The first kappa shape index (κ1) is 19.3. The summed E-state index contributed by atoms with van der Waals surface area (Å²) in [4.78, 5) is 15.2. The van der Waals surface area contributed by atoms with E-state index in [0.29, 0.717) is 29.8 Å². The first-order chi connectivity index (χ1) is 13.9. The van der Waals surface area contributed by atoms with Gasteiger partial charge in [-0.2, -0.15) is 16.6 Å². The molecule has 4 rings (SSSR count). The number of ketones is 1. The largest absolute Gasteiger partial charge is 0.497 e. The van der Waals surface area contributed by atoms with E-state index in [1.54, 1.807) is 18.4 Å². The second-order valence-corrected chi connectivity index (χ2v) is 9.02. The summed E-state index contributed by atoms with van der Waals surface area (Å²) in [6.45, 7) is 4.19. The second-order valence-electron chi connectivity index (χ2n) is 8.24. The van der Waals surface area contributed by atoms with Crippen molar-refractivity contribution in [3.8, 4) is 11.8 Å². The molecule has 2 aliphatic rings. The highest BCUT2D eigenvalue weighted by Gasteiger charge is 2.44. The Bertz CT molecular complexity index is 1060. The van der Waals surface area contributed by atoms with Crippen molar-refractivity contribution < 1.29 is 9.53 Å². The van der Waals surface area contributed by atoms with Crippen LogP contribution in [0, 0.1) is 16.7 Å². The maximum Gasteiger partial charge on any atom is 0.162 e. The van der Waals surface area contributed by atoms with Crippen LogP contribution in [0.2, 0.25) is 0 Å². The Morgan fingerprint density at radius 2 is 1.97 bits per heavy atom. The van der Waals surface area contributed by atoms with E-state index in [9.17, 15) is 10.1 Å². The van der Waals surface area contributed by atoms with Gasteiger partial charge in [-0.3, -0.25) is 9.69 Å². The average molecular weight is 406 g/mol. The van der Waals surface area contributed by atoms with Crippen LogP contribution in [0.4, 0.5) is 5.69 Å². The lowest BCUT2D eigenvalue weighted by Gasteiger charge is -2.43. The first-order valence-electron chi connectivity index (χ1n) is 9.48. The van der Waals surface area contributed by atoms with Crippen molar-refractivity contribution >= 4 is 22.8 Å². The van der Waals surface area contributed by atoms with Crippen molar-refractivity contribution in [1.82, 2.24) is 0 Å². The molecule has 0 saturated heterocycles. The zero-order valence-corrected chi connectivity index (χ0v) is 17.5. The van der Waals surface area contributed by atoms with Crippen molar-refractivity contribution in [2.75, 3.05) is 12.0 Å². The van der Waals surface area contributed by atoms with E-state index in [4.69, 9.17) is 10.5 Å². The lowest BCUT2D eigenvalue weighted by molar-refractivity contribution is -0.118. The van der Waals surface area contributed by atoms with Gasteiger partial charge < -0.3 is 10.5 Å². The van der Waals surface area contributed by atoms with E-state index in [0.717, 1.165) is 22.7 Å². The summed E-state index contributed by atoms with van der Waals surface area (Å²) < 4.78 is 5.27. The Morgan fingerprint density at radius 1 is 1.24 bits per heavy atom. The lowest BCUT2D eigenvalue weighted by Crippen LogP contribution is -2.42. The molecular weight excluding hydrogens is 382 g/mol. The van der Waals surface area contributed by atoms with Gasteiger partial charge in [0, 0.05) is 23.4 Å². The smallest absolute Gasteiger partial charge is 0.162 e. The first-order valence-corrected chi connectivity index (χ1v) is 10.4. The molecule has 1 unspecified atom stereocenters. The topological polar surface area (TPSA) is 79.3 Å². The van der Waals surface area contributed by atoms with E-state index in [1.807, 2.05) is 46.0 Å². The number of benzene rings is 1. The number of methoxy groups -OCH3 is 1. The molecule has 1 atom stereocenters. The fraction of sp³-hybridized carbons (Fsp3) is 0.304. The number of hydrogen-bond acceptors (Lipinski definition) is 6. The molecule has 2 heterocycles. The standard InChI is InChI=1S/C23H23N3O2S/c1-23(2)10-18-21(19(27)11-23)20(14-8-9-29-13-14)17(12-24)22(25)26(18)15-4-6-16(28-3)7-5-15/h4-9,13,20H,10-11,25H2,1-3H3. The van der Waals surface area contributed by atoms with Crippen molar-refractivity contribution in [2.45, 2.75) is 32.6 Å². The van der Waals surface area contributed by atoms with Crippen LogP contribution in [0.3, 0.4) is 0 Å². The zero-order valence-electron chi connectivity index (χ0n) is 16.7. The maximum absolute atomic E-state index is 13.3. The van der Waals surface area contributed by atoms with Crippen molar-refractivity contribution in [1.29, 1.82) is 5.26 Å². The number of hydrogen-bond donors (Lipinski definition) is 1. The lowest BCUT2D eigenvalue weighted by atomic mass is 9.69. The van der Waals surface area contributed by atoms with Gasteiger partial charge in [-0.15, -0.1) is 0 Å². The Balaban J connectivity index is 1.96. The van der Waals surface area contributed by atoms with Gasteiger partial charge in [0.05, 0.1) is 24.7 Å². The molecule has 1 aromatic carbocycles. The van der Waals surface area contributed by atoms with Crippen LogP contribution in [-0.4, -0.2) is 12.9 Å². The molecule has 0 bridgehead atoms. The minimum Gasteiger partial charge on any atom is -0.497 e. The number of carbonyl (C=O) groups excluding carboxylic acids is 1. The van der Waals surface area contributed by atoms with Gasteiger partial charge >= 0.3 is 0 Å². The molecule has 0 fully saturated rings. The summed E-state index contributed by atoms with van der Waals surface area (Å²) >= 11 is 1.55. The number of thiophene rings is 1. The van der Waals surface area contributed by atoms with Crippen molar-refractivity contribution in [3.63, 3.8) is 0 Å². The average Bonchev–Trinajstić information content (AvgIpc) is 3.21. The number of nitriles is 1. The van der Waals surface area contributed by atoms with E-state index >= 15 is 0 Å². The van der Waals surface area contributed by atoms with Crippen LogP contribution in [-0.2, 0) is 4.79 Å². The highest BCUT2D eigenvalue weighted by atomic mass is 32.1. The summed E-state index contributed by atoms with van der Waals surface area (Å²) in [7, 11) is 1.62. The van der Waals surface area contributed by atoms with Crippen LogP contribution in [0.25, 0.3) is 0 Å². The van der Waals surface area contributed by atoms with E-state index in [2.05, 4.69) is 19.9 Å². The predicted octanol–water partition coefficient (Wildman–Crippen LogP) is 4.70. The summed E-state index contributed by atoms with van der Waals surface area (Å²) in [5.74, 6) is 0.808. The Morgan fingerprint density at radius 3 is 2.55 bits per heavy atom. The van der Waals surface area contributed by atoms with Gasteiger partial charge in [-0.25, -0.2) is 0 Å². The number of rotatable bonds is 3. The summed E-state index contributed by atoms with van der Waals surface area (Å²) in [5.41, 5.74) is 10.2. The van der Waals surface area contributed by atoms with Crippen molar-refractivity contribution in [2.24, 2.45) is 11.1 Å². The number of Topliss-reactive ketones (excluding diaryl/α,β-unsaturated/α-hetero) is 1. The molecule has 2 aromatic rings. The normalized spacial score (nSPS) is 21.1. The van der Waals surface area contributed by atoms with Gasteiger partial charge in [0.1, 0.15) is 11.6 Å². The number of nitrogens with two attached hydrogens (primary N) is 1. The van der Waals surface area contributed by atoms with E-state index < -0.39 is 5.92 Å². The third kappa shape index (κ3) is 3.22. The summed E-state index contributed by atoms with van der Waals surface area (Å²) in [6, 6.07) is 11.8. The van der Waals surface area contributed by atoms with Gasteiger partial charge in [-0.05, 0) is 58.5 Å². The number of carbonyl (C=O) groups is 1. The molecule has 2 N–H and O–H groups in total. The van der Waals surface area contributed by atoms with Crippen LogP contribution in [0.5, 0.6) is 5.75 Å². The minimum atomic E-state index is -0.403. The van der Waals surface area contributed by atoms with Gasteiger partial charge in [0.25, 0.3) is 0 Å². The number of anilines is 1. The third-order valence-corrected chi connectivity index (χ3v) is 6.29. The fourth-order valence-electron chi connectivity index (χ4n) is 4.31. The highest BCUT2D eigenvalue weighted by molar-refractivity contribution is 7.08. The molecule has 148 valence electrons. The predicted molar refractivity (Wildman–Crippen MR) is 114 cm³/mol. The van der Waals surface area contributed by atoms with Crippen LogP contribution in [0.1, 0.15) is 38.2 Å². The molecule has 0 radical (unpaired) electrons. The fourth-order valence-corrected chi connectivity index (χ4v) is 4.99. The molecule has 0 saturated carbocycles. The molecule has 29 heavy (non-hydrogen) atoms. The van der Waals surface area contributed by atoms with E-state index in [-0.39, 0.29) is 11.2 Å². The molecule has 1 aliphatic carbocycles. The van der Waals surface area contributed by atoms with Crippen LogP contribution < -0.4 is 15.4 Å². The molecule has 0 spiro atoms. The Hall–Kier alpha value is -3.04. The molecule has 5 nitrogen and oxygen atoms in total. The molecule has 1 aromatic heterocycles. The molecular formula is C23H23N3O2S. The number of allylic oxidation sites excluding steroid dienone is 3. The SMILES string of the molecule is COc1ccc(N2C(N)=C(C#N)C(c3ccsc3)C3=C2CC(C)(C)CC3=O)cc1. The van der Waals surface area contributed by atoms with Crippen LogP contribution in [0.15, 0.2) is 63.8 Å². The van der Waals surface area contributed by atoms with Gasteiger partial charge in [0.2, 0.25) is 0 Å². The van der Waals surface area contributed by atoms with E-state index in [1.165, 1.54) is 0 Å². The maximum atomic E-state index is 13.3. The molecule has 6 heteroatoms. The number of nitrogens with zero attached hydrogens (tertiary/aromatic N) is 2. The Labute approximate surface area is 174 Å². The Kier molecular flexibility index (Phi) is 4.71. The molecule has 1 aliphatic heterocycles. The van der Waals surface area contributed by atoms with Gasteiger partial charge in [0.15, 0.2) is 5.78 Å². The highest BCUT2D eigenvalue weighted by Crippen LogP contribution is 2.50. The monoisotopic (exact) mass is 405 g/mol. The van der Waals surface area contributed by atoms with Gasteiger partial charge in [-0.1, -0.05) is 13.8 Å². The van der Waals surface area contributed by atoms with Crippen LogP contribution >= 0.6 is 11.3 Å².